The normalized spacial score (nSPS) is 26.2. The Kier molecular flexibility index (Phi) is 2.15. The van der Waals surface area contributed by atoms with E-state index >= 15 is 0 Å². The van der Waals surface area contributed by atoms with Crippen LogP contribution >= 0.6 is 11.9 Å². The average molecular weight is 195 g/mol. The molecule has 13 heavy (non-hydrogen) atoms. The minimum absolute atomic E-state index is 0.292. The maximum absolute atomic E-state index is 4.48. The van der Waals surface area contributed by atoms with Crippen LogP contribution in [0.3, 0.4) is 0 Å². The summed E-state index contributed by atoms with van der Waals surface area (Å²) in [6.45, 7) is 6.37. The van der Waals surface area contributed by atoms with E-state index in [1.54, 1.807) is 0 Å². The second-order valence-electron chi connectivity index (χ2n) is 3.56. The van der Waals surface area contributed by atoms with Crippen LogP contribution in [0.5, 0.6) is 0 Å². The van der Waals surface area contributed by atoms with Crippen molar-refractivity contribution in [1.82, 2.24) is 4.90 Å². The monoisotopic (exact) mass is 195 g/mol. The average Bonchev–Trinajstić information content (AvgIpc) is 2.46. The summed E-state index contributed by atoms with van der Waals surface area (Å²) in [6, 6.07) is 0.292. The van der Waals surface area contributed by atoms with Gasteiger partial charge in [0.1, 0.15) is 5.84 Å². The second kappa shape index (κ2) is 3.18. The summed E-state index contributed by atoms with van der Waals surface area (Å²) in [5, 5.41) is 1.01. The number of hydrogen-bond donors (Lipinski definition) is 0. The lowest BCUT2D eigenvalue weighted by molar-refractivity contribution is 0.706. The summed E-state index contributed by atoms with van der Waals surface area (Å²) in [5.74, 6) is 1.56. The lowest BCUT2D eigenvalue weighted by Crippen LogP contribution is -2.32. The summed E-state index contributed by atoms with van der Waals surface area (Å²) in [4.78, 5) is 6.56. The summed E-state index contributed by atoms with van der Waals surface area (Å²) in [6.07, 6.45) is 4.17. The van der Waals surface area contributed by atoms with Crippen LogP contribution in [0, 0.1) is 5.92 Å². The van der Waals surface area contributed by atoms with Gasteiger partial charge in [-0.15, -0.1) is 0 Å². The number of nitrogens with zero attached hydrogens (tertiary/aromatic N) is 3. The van der Waals surface area contributed by atoms with Crippen LogP contribution in [0.2, 0.25) is 0 Å². The first-order valence-corrected chi connectivity index (χ1v) is 5.26. The second-order valence-corrected chi connectivity index (χ2v) is 4.29. The van der Waals surface area contributed by atoms with Gasteiger partial charge in [-0.2, -0.15) is 4.40 Å². The van der Waals surface area contributed by atoms with Gasteiger partial charge >= 0.3 is 0 Å². The molecule has 2 heterocycles. The summed E-state index contributed by atoms with van der Waals surface area (Å²) in [5.41, 5.74) is 0. The van der Waals surface area contributed by atoms with Gasteiger partial charge in [0, 0.05) is 12.1 Å². The van der Waals surface area contributed by atoms with Gasteiger partial charge in [-0.05, 0) is 13.0 Å². The van der Waals surface area contributed by atoms with Gasteiger partial charge in [0.25, 0.3) is 0 Å². The number of fused-ring (bicyclic) bond motifs is 1. The molecule has 0 fully saturated rings. The molecular weight excluding hydrogens is 182 g/mol. The SMILES string of the molecule is CC1C=CN2C(=N1)SN=C2C(C)C. The number of amidine groups is 2. The van der Waals surface area contributed by atoms with Crippen molar-refractivity contribution in [2.75, 3.05) is 0 Å². The van der Waals surface area contributed by atoms with E-state index in [-0.39, 0.29) is 0 Å². The Morgan fingerprint density at radius 1 is 1.54 bits per heavy atom. The Labute approximate surface area is 82.8 Å². The van der Waals surface area contributed by atoms with Crippen molar-refractivity contribution in [1.29, 1.82) is 0 Å². The number of hydrogen-bond acceptors (Lipinski definition) is 4. The van der Waals surface area contributed by atoms with Gasteiger partial charge in [0.05, 0.1) is 18.0 Å². The molecule has 70 valence electrons. The van der Waals surface area contributed by atoms with Crippen LogP contribution < -0.4 is 0 Å². The quantitative estimate of drug-likeness (QED) is 0.600. The van der Waals surface area contributed by atoms with Crippen LogP contribution in [0.4, 0.5) is 0 Å². The fraction of sp³-hybridized carbons (Fsp3) is 0.556. The van der Waals surface area contributed by atoms with E-state index in [1.807, 2.05) is 0 Å². The highest BCUT2D eigenvalue weighted by atomic mass is 32.2. The predicted molar refractivity (Wildman–Crippen MR) is 57.7 cm³/mol. The Hall–Kier alpha value is -0.770. The highest BCUT2D eigenvalue weighted by Crippen LogP contribution is 2.27. The molecule has 0 bridgehead atoms. The first-order chi connectivity index (χ1) is 6.18. The van der Waals surface area contributed by atoms with Gasteiger partial charge < -0.3 is 0 Å². The molecule has 0 aliphatic carbocycles. The molecule has 0 aromatic heterocycles. The first kappa shape index (κ1) is 8.81. The van der Waals surface area contributed by atoms with Crippen LogP contribution in [-0.4, -0.2) is 21.9 Å². The van der Waals surface area contributed by atoms with Crippen molar-refractivity contribution in [3.05, 3.63) is 12.3 Å². The summed E-state index contributed by atoms with van der Waals surface area (Å²) >= 11 is 1.48. The van der Waals surface area contributed by atoms with E-state index in [0.717, 1.165) is 11.0 Å². The van der Waals surface area contributed by atoms with E-state index < -0.39 is 0 Å². The number of rotatable bonds is 1. The lowest BCUT2D eigenvalue weighted by atomic mass is 10.2. The van der Waals surface area contributed by atoms with Crippen LogP contribution in [0.15, 0.2) is 21.7 Å². The first-order valence-electron chi connectivity index (χ1n) is 4.48. The van der Waals surface area contributed by atoms with E-state index in [9.17, 15) is 0 Å². The fourth-order valence-corrected chi connectivity index (χ4v) is 2.24. The minimum atomic E-state index is 0.292. The molecule has 1 unspecified atom stereocenters. The van der Waals surface area contributed by atoms with Gasteiger partial charge in [0.2, 0.25) is 0 Å². The maximum atomic E-state index is 4.48. The topological polar surface area (TPSA) is 28.0 Å². The molecule has 0 radical (unpaired) electrons. The fourth-order valence-electron chi connectivity index (χ4n) is 1.31. The highest BCUT2D eigenvalue weighted by molar-refractivity contribution is 8.13. The van der Waals surface area contributed by atoms with E-state index in [0.29, 0.717) is 12.0 Å². The third kappa shape index (κ3) is 1.50. The molecule has 0 saturated heterocycles. The van der Waals surface area contributed by atoms with Crippen molar-refractivity contribution < 1.29 is 0 Å². The molecule has 0 aromatic carbocycles. The molecular formula is C9H13N3S. The largest absolute Gasteiger partial charge is 0.282 e. The smallest absolute Gasteiger partial charge is 0.192 e. The lowest BCUT2D eigenvalue weighted by Gasteiger charge is -2.21. The molecule has 4 heteroatoms. The third-order valence-corrected chi connectivity index (χ3v) is 2.76. The Morgan fingerprint density at radius 3 is 3.00 bits per heavy atom. The molecule has 2 aliphatic heterocycles. The molecule has 0 spiro atoms. The van der Waals surface area contributed by atoms with Crippen molar-refractivity contribution in [3.63, 3.8) is 0 Å². The van der Waals surface area contributed by atoms with E-state index in [4.69, 9.17) is 0 Å². The molecule has 0 aromatic rings. The van der Waals surface area contributed by atoms with Gasteiger partial charge in [0.15, 0.2) is 5.17 Å². The minimum Gasteiger partial charge on any atom is -0.282 e. The summed E-state index contributed by atoms with van der Waals surface area (Å²) < 4.78 is 4.39. The molecule has 1 atom stereocenters. The Morgan fingerprint density at radius 2 is 2.31 bits per heavy atom. The van der Waals surface area contributed by atoms with E-state index in [2.05, 4.69) is 47.3 Å². The van der Waals surface area contributed by atoms with Crippen LogP contribution in [0.1, 0.15) is 20.8 Å². The molecule has 2 aliphatic rings. The van der Waals surface area contributed by atoms with Gasteiger partial charge in [-0.3, -0.25) is 9.89 Å². The third-order valence-electron chi connectivity index (χ3n) is 2.02. The molecule has 2 rings (SSSR count). The standard InChI is InChI=1S/C9H13N3S/c1-6(2)8-11-13-9-10-7(3)4-5-12(8)9/h4-7H,1-3H3. The Bertz CT molecular complexity index is 304. The molecule has 0 saturated carbocycles. The zero-order valence-corrected chi connectivity index (χ0v) is 8.88. The van der Waals surface area contributed by atoms with Crippen LogP contribution in [-0.2, 0) is 0 Å². The van der Waals surface area contributed by atoms with Gasteiger partial charge in [-0.1, -0.05) is 13.8 Å². The summed E-state index contributed by atoms with van der Waals surface area (Å²) in [7, 11) is 0. The van der Waals surface area contributed by atoms with Gasteiger partial charge in [-0.25, -0.2) is 0 Å². The molecule has 3 nitrogen and oxygen atoms in total. The zero-order chi connectivity index (χ0) is 9.42. The van der Waals surface area contributed by atoms with Crippen molar-refractivity contribution in [2.24, 2.45) is 15.3 Å². The molecule has 0 N–H and O–H groups in total. The zero-order valence-electron chi connectivity index (χ0n) is 8.06. The van der Waals surface area contributed by atoms with Crippen molar-refractivity contribution in [2.45, 2.75) is 26.8 Å². The highest BCUT2D eigenvalue weighted by Gasteiger charge is 2.27. The Balaban J connectivity index is 2.24. The van der Waals surface area contributed by atoms with Crippen molar-refractivity contribution in [3.8, 4) is 0 Å². The number of aliphatic imine (C=N–C) groups is 1. The van der Waals surface area contributed by atoms with Crippen molar-refractivity contribution >= 4 is 23.0 Å². The predicted octanol–water partition coefficient (Wildman–Crippen LogP) is 2.28. The van der Waals surface area contributed by atoms with Crippen LogP contribution in [0.25, 0.3) is 0 Å². The maximum Gasteiger partial charge on any atom is 0.192 e. The van der Waals surface area contributed by atoms with E-state index in [1.165, 1.54) is 11.9 Å². The molecule has 0 amide bonds.